The third kappa shape index (κ3) is 3.24. The number of benzene rings is 1. The van der Waals surface area contributed by atoms with Gasteiger partial charge in [-0.3, -0.25) is 0 Å². The number of piperazine rings is 1. The van der Waals surface area contributed by atoms with Crippen molar-refractivity contribution < 1.29 is 13.3 Å². The molecule has 0 bridgehead atoms. The van der Waals surface area contributed by atoms with Crippen molar-refractivity contribution in [2.75, 3.05) is 36.0 Å². The molecule has 1 aromatic carbocycles. The molecule has 0 spiro atoms. The number of nitrogens with zero attached hydrogens (tertiary/aromatic N) is 6. The van der Waals surface area contributed by atoms with Crippen LogP contribution in [0.5, 0.6) is 0 Å². The molecule has 0 atom stereocenters. The Bertz CT molecular complexity index is 1140. The van der Waals surface area contributed by atoms with Crippen molar-refractivity contribution >= 4 is 22.7 Å². The van der Waals surface area contributed by atoms with Crippen molar-refractivity contribution in [1.29, 1.82) is 0 Å². The van der Waals surface area contributed by atoms with Crippen LogP contribution in [0.2, 0.25) is 0 Å². The number of pyridine rings is 1. The summed E-state index contributed by atoms with van der Waals surface area (Å²) in [5.74, 6) is 0.203. The first-order valence-electron chi connectivity index (χ1n) is 9.17. The number of halogens is 2. The summed E-state index contributed by atoms with van der Waals surface area (Å²) in [7, 11) is 0. The van der Waals surface area contributed by atoms with E-state index < -0.39 is 11.6 Å². The maximum Gasteiger partial charge on any atom is 0.263 e. The second-order valence-corrected chi connectivity index (χ2v) is 6.73. The standard InChI is InChI=1S/C20H16F2N6O/c21-14-9-13(10-15(22)11-14)18-17-19(24-12-25-20(17)29-26-18)28-7-5-27(6-8-28)16-3-1-2-4-23-16/h1-4,9-12H,5-8H2. The number of rotatable bonds is 3. The minimum absolute atomic E-state index is 0.279. The summed E-state index contributed by atoms with van der Waals surface area (Å²) in [6.45, 7) is 2.92. The molecule has 9 heteroatoms. The molecule has 1 aliphatic rings. The van der Waals surface area contributed by atoms with Gasteiger partial charge < -0.3 is 14.3 Å². The van der Waals surface area contributed by atoms with Gasteiger partial charge in [-0.15, -0.1) is 0 Å². The molecular formula is C20H16F2N6O. The van der Waals surface area contributed by atoms with E-state index in [2.05, 4.69) is 29.9 Å². The lowest BCUT2D eigenvalue weighted by Crippen LogP contribution is -2.47. The number of fused-ring (bicyclic) bond motifs is 1. The fourth-order valence-corrected chi connectivity index (χ4v) is 3.59. The second-order valence-electron chi connectivity index (χ2n) is 6.73. The molecule has 4 heterocycles. The Kier molecular flexibility index (Phi) is 4.27. The molecule has 1 saturated heterocycles. The van der Waals surface area contributed by atoms with E-state index >= 15 is 0 Å². The zero-order valence-corrected chi connectivity index (χ0v) is 15.3. The van der Waals surface area contributed by atoms with Crippen molar-refractivity contribution in [3.05, 3.63) is 60.6 Å². The van der Waals surface area contributed by atoms with Gasteiger partial charge in [0.05, 0.1) is 0 Å². The van der Waals surface area contributed by atoms with E-state index in [9.17, 15) is 8.78 Å². The first-order chi connectivity index (χ1) is 14.2. The number of hydrogen-bond donors (Lipinski definition) is 0. The molecule has 0 saturated carbocycles. The summed E-state index contributed by atoms with van der Waals surface area (Å²) in [5.41, 5.74) is 0.882. The Hall–Kier alpha value is -3.62. The molecule has 0 amide bonds. The Labute approximate surface area is 164 Å². The topological polar surface area (TPSA) is 71.2 Å². The quantitative estimate of drug-likeness (QED) is 0.528. The van der Waals surface area contributed by atoms with Crippen LogP contribution >= 0.6 is 0 Å². The van der Waals surface area contributed by atoms with Crippen LogP contribution in [0.4, 0.5) is 20.4 Å². The minimum atomic E-state index is -0.682. The Morgan fingerprint density at radius 3 is 2.34 bits per heavy atom. The van der Waals surface area contributed by atoms with E-state index in [1.807, 2.05) is 18.2 Å². The molecule has 146 valence electrons. The molecule has 7 nitrogen and oxygen atoms in total. The average molecular weight is 394 g/mol. The normalized spacial score (nSPS) is 14.6. The van der Waals surface area contributed by atoms with Crippen molar-refractivity contribution in [1.82, 2.24) is 20.1 Å². The number of anilines is 2. The lowest BCUT2D eigenvalue weighted by atomic mass is 10.1. The van der Waals surface area contributed by atoms with Crippen LogP contribution in [0.3, 0.4) is 0 Å². The van der Waals surface area contributed by atoms with E-state index in [0.29, 0.717) is 30.0 Å². The molecule has 0 unspecified atom stereocenters. The molecule has 0 aliphatic carbocycles. The highest BCUT2D eigenvalue weighted by atomic mass is 19.1. The predicted octanol–water partition coefficient (Wildman–Crippen LogP) is 3.28. The molecule has 0 radical (unpaired) electrons. The van der Waals surface area contributed by atoms with E-state index in [0.717, 1.165) is 25.0 Å². The molecular weight excluding hydrogens is 378 g/mol. The summed E-state index contributed by atoms with van der Waals surface area (Å²) >= 11 is 0. The highest BCUT2D eigenvalue weighted by molar-refractivity contribution is 5.98. The molecule has 0 N–H and O–H groups in total. The minimum Gasteiger partial charge on any atom is -0.353 e. The van der Waals surface area contributed by atoms with Gasteiger partial charge in [-0.2, -0.15) is 4.98 Å². The third-order valence-electron chi connectivity index (χ3n) is 4.94. The molecule has 29 heavy (non-hydrogen) atoms. The third-order valence-corrected chi connectivity index (χ3v) is 4.94. The lowest BCUT2D eigenvalue weighted by Gasteiger charge is -2.36. The number of hydrogen-bond acceptors (Lipinski definition) is 7. The summed E-state index contributed by atoms with van der Waals surface area (Å²) in [6, 6.07) is 9.09. The van der Waals surface area contributed by atoms with Crippen LogP contribution < -0.4 is 9.80 Å². The summed E-state index contributed by atoms with van der Waals surface area (Å²) in [5, 5.41) is 4.55. The molecule has 4 aromatic rings. The monoisotopic (exact) mass is 394 g/mol. The zero-order chi connectivity index (χ0) is 19.8. The van der Waals surface area contributed by atoms with E-state index in [1.54, 1.807) is 6.20 Å². The molecule has 5 rings (SSSR count). The van der Waals surface area contributed by atoms with Gasteiger partial charge in [-0.25, -0.2) is 18.7 Å². The second kappa shape index (κ2) is 7.08. The van der Waals surface area contributed by atoms with E-state index in [-0.39, 0.29) is 11.3 Å². The summed E-state index contributed by atoms with van der Waals surface area (Å²) < 4.78 is 32.8. The van der Waals surface area contributed by atoms with Crippen molar-refractivity contribution in [3.8, 4) is 11.3 Å². The molecule has 3 aromatic heterocycles. The van der Waals surface area contributed by atoms with Gasteiger partial charge in [0, 0.05) is 44.0 Å². The van der Waals surface area contributed by atoms with Gasteiger partial charge >= 0.3 is 0 Å². The van der Waals surface area contributed by atoms with Crippen LogP contribution in [0.1, 0.15) is 0 Å². The van der Waals surface area contributed by atoms with Gasteiger partial charge in [0.25, 0.3) is 5.71 Å². The lowest BCUT2D eigenvalue weighted by molar-refractivity contribution is 0.451. The molecule has 1 aliphatic heterocycles. The predicted molar refractivity (Wildman–Crippen MR) is 104 cm³/mol. The fraction of sp³-hybridized carbons (Fsp3) is 0.200. The smallest absolute Gasteiger partial charge is 0.263 e. The molecule has 1 fully saturated rings. The van der Waals surface area contributed by atoms with Gasteiger partial charge in [-0.1, -0.05) is 11.2 Å². The highest BCUT2D eigenvalue weighted by Gasteiger charge is 2.25. The van der Waals surface area contributed by atoms with Gasteiger partial charge in [-0.05, 0) is 24.3 Å². The Morgan fingerprint density at radius 2 is 1.62 bits per heavy atom. The van der Waals surface area contributed by atoms with Crippen LogP contribution in [0.25, 0.3) is 22.4 Å². The van der Waals surface area contributed by atoms with Crippen LogP contribution in [0, 0.1) is 11.6 Å². The Morgan fingerprint density at radius 1 is 0.862 bits per heavy atom. The van der Waals surface area contributed by atoms with Crippen LogP contribution in [-0.4, -0.2) is 46.3 Å². The average Bonchev–Trinajstić information content (AvgIpc) is 3.18. The van der Waals surface area contributed by atoms with E-state index in [4.69, 9.17) is 4.52 Å². The van der Waals surface area contributed by atoms with Gasteiger partial charge in [0.1, 0.15) is 40.7 Å². The maximum atomic E-state index is 13.7. The van der Waals surface area contributed by atoms with Crippen molar-refractivity contribution in [2.24, 2.45) is 0 Å². The fourth-order valence-electron chi connectivity index (χ4n) is 3.59. The summed E-state index contributed by atoms with van der Waals surface area (Å²) in [6.07, 6.45) is 3.18. The zero-order valence-electron chi connectivity index (χ0n) is 15.3. The van der Waals surface area contributed by atoms with Gasteiger partial charge in [0.15, 0.2) is 0 Å². The van der Waals surface area contributed by atoms with Crippen molar-refractivity contribution in [2.45, 2.75) is 0 Å². The van der Waals surface area contributed by atoms with E-state index in [1.165, 1.54) is 18.5 Å². The summed E-state index contributed by atoms with van der Waals surface area (Å²) in [4.78, 5) is 17.2. The van der Waals surface area contributed by atoms with Crippen LogP contribution in [0.15, 0.2) is 53.4 Å². The largest absolute Gasteiger partial charge is 0.353 e. The van der Waals surface area contributed by atoms with Crippen LogP contribution in [-0.2, 0) is 0 Å². The first-order valence-corrected chi connectivity index (χ1v) is 9.17. The first kappa shape index (κ1) is 17.5. The maximum absolute atomic E-state index is 13.7. The van der Waals surface area contributed by atoms with Gasteiger partial charge in [0.2, 0.25) is 0 Å². The SMILES string of the molecule is Fc1cc(F)cc(-c2noc3ncnc(N4CCN(c5ccccn5)CC4)c23)c1. The van der Waals surface area contributed by atoms with Crippen molar-refractivity contribution in [3.63, 3.8) is 0 Å². The Balaban J connectivity index is 1.49. The number of aromatic nitrogens is 4. The highest BCUT2D eigenvalue weighted by Crippen LogP contribution is 2.34.